The lowest BCUT2D eigenvalue weighted by molar-refractivity contribution is -0.120. The third-order valence-corrected chi connectivity index (χ3v) is 10.2. The molecule has 0 unspecified atom stereocenters. The lowest BCUT2D eigenvalue weighted by atomic mass is 9.87. The molecular weight excluding hydrogens is 598 g/mol. The smallest absolute Gasteiger partial charge is 0.241 e. The van der Waals surface area contributed by atoms with Crippen LogP contribution in [0.2, 0.25) is 10.0 Å². The van der Waals surface area contributed by atoms with Crippen molar-refractivity contribution in [2.75, 3.05) is 4.90 Å². The Morgan fingerprint density at radius 2 is 1.90 bits per heavy atom. The topological polar surface area (TPSA) is 84.3 Å². The molecule has 3 atom stereocenters. The first-order chi connectivity index (χ1) is 20.1. The van der Waals surface area contributed by atoms with Gasteiger partial charge in [0.15, 0.2) is 0 Å². The third kappa shape index (κ3) is 5.83. The van der Waals surface area contributed by atoms with Crippen LogP contribution in [0.25, 0.3) is 0 Å². The second-order valence-electron chi connectivity index (χ2n) is 10.9. The van der Waals surface area contributed by atoms with Crippen LogP contribution in [0.4, 0.5) is 10.1 Å². The van der Waals surface area contributed by atoms with Gasteiger partial charge in [-0.15, -0.1) is 0 Å². The molecule has 0 saturated heterocycles. The first-order valence-corrected chi connectivity index (χ1v) is 16.0. The minimum absolute atomic E-state index is 0.00760. The number of nitrogens with zero attached hydrogens (tertiary/aromatic N) is 3. The Hall–Kier alpha value is -3.24. The summed E-state index contributed by atoms with van der Waals surface area (Å²) in [6.07, 6.45) is 6.45. The Morgan fingerprint density at radius 1 is 1.12 bits per heavy atom. The van der Waals surface area contributed by atoms with Gasteiger partial charge < -0.3 is 9.47 Å². The molecule has 0 spiro atoms. The summed E-state index contributed by atoms with van der Waals surface area (Å²) >= 11 is 11.9. The number of halogens is 3. The molecule has 6 rings (SSSR count). The van der Waals surface area contributed by atoms with E-state index in [1.807, 2.05) is 60.3 Å². The fourth-order valence-electron chi connectivity index (χ4n) is 5.71. The first kappa shape index (κ1) is 28.9. The van der Waals surface area contributed by atoms with Gasteiger partial charge in [-0.3, -0.25) is 4.79 Å². The number of carbonyl (C=O) groups is 1. The number of aromatic nitrogens is 2. The summed E-state index contributed by atoms with van der Waals surface area (Å²) in [5, 5.41) is 0.394. The number of sulfonamides is 1. The molecule has 3 aromatic carbocycles. The minimum atomic E-state index is -3.99. The molecule has 1 aromatic heterocycles. The van der Waals surface area contributed by atoms with Gasteiger partial charge in [-0.1, -0.05) is 41.4 Å². The van der Waals surface area contributed by atoms with E-state index in [9.17, 15) is 17.6 Å². The fraction of sp³-hybridized carbons (Fsp3) is 0.290. The number of benzene rings is 3. The Bertz CT molecular complexity index is 1760. The number of aryl methyl sites for hydroxylation is 2. The summed E-state index contributed by atoms with van der Waals surface area (Å²) in [5.41, 5.74) is 3.60. The van der Waals surface area contributed by atoms with Crippen LogP contribution in [0.15, 0.2) is 78.0 Å². The maximum absolute atomic E-state index is 14.0. The number of hydrogen-bond acceptors (Lipinski definition) is 4. The van der Waals surface area contributed by atoms with Crippen molar-refractivity contribution in [3.8, 4) is 0 Å². The summed E-state index contributed by atoms with van der Waals surface area (Å²) in [6, 6.07) is 16.3. The molecule has 42 heavy (non-hydrogen) atoms. The number of amides is 1. The van der Waals surface area contributed by atoms with E-state index >= 15 is 0 Å². The maximum atomic E-state index is 14.0. The van der Waals surface area contributed by atoms with Gasteiger partial charge in [0.2, 0.25) is 15.9 Å². The molecule has 2 aliphatic carbocycles. The van der Waals surface area contributed by atoms with Crippen molar-refractivity contribution < 1.29 is 17.6 Å². The molecule has 1 N–H and O–H groups in total. The Balaban J connectivity index is 1.31. The molecule has 11 heteroatoms. The number of imidazole rings is 1. The zero-order valence-corrected chi connectivity index (χ0v) is 25.1. The highest BCUT2D eigenvalue weighted by molar-refractivity contribution is 7.89. The predicted octanol–water partition coefficient (Wildman–Crippen LogP) is 6.56. The van der Waals surface area contributed by atoms with Gasteiger partial charge in [0.1, 0.15) is 11.6 Å². The van der Waals surface area contributed by atoms with Gasteiger partial charge >= 0.3 is 0 Å². The van der Waals surface area contributed by atoms with Gasteiger partial charge in [0.05, 0.1) is 16.5 Å². The van der Waals surface area contributed by atoms with Crippen molar-refractivity contribution in [2.24, 2.45) is 13.0 Å². The summed E-state index contributed by atoms with van der Waals surface area (Å²) in [6.45, 7) is 0.273. The van der Waals surface area contributed by atoms with Gasteiger partial charge in [-0.2, -0.15) is 0 Å². The molecule has 0 aliphatic heterocycles. The molecule has 1 heterocycles. The average Bonchev–Trinajstić information content (AvgIpc) is 3.67. The lowest BCUT2D eigenvalue weighted by Gasteiger charge is -2.29. The van der Waals surface area contributed by atoms with Crippen molar-refractivity contribution >= 4 is 44.8 Å². The normalized spacial score (nSPS) is 19.8. The van der Waals surface area contributed by atoms with E-state index in [0.717, 1.165) is 53.9 Å². The van der Waals surface area contributed by atoms with Crippen LogP contribution in [0.1, 0.15) is 53.7 Å². The number of carbonyl (C=O) groups excluding carboxylic acids is 1. The molecule has 218 valence electrons. The molecule has 1 saturated carbocycles. The first-order valence-electron chi connectivity index (χ1n) is 13.7. The van der Waals surface area contributed by atoms with E-state index in [1.54, 1.807) is 11.1 Å². The highest BCUT2D eigenvalue weighted by Gasteiger charge is 2.46. The predicted molar refractivity (Wildman–Crippen MR) is 161 cm³/mol. The number of nitrogens with one attached hydrogen (secondary N) is 1. The van der Waals surface area contributed by atoms with E-state index in [2.05, 4.69) is 9.71 Å². The zero-order chi connectivity index (χ0) is 29.6. The fourth-order valence-corrected chi connectivity index (χ4v) is 7.36. The summed E-state index contributed by atoms with van der Waals surface area (Å²) in [5.74, 6) is -0.0324. The van der Waals surface area contributed by atoms with Crippen molar-refractivity contribution in [1.82, 2.24) is 14.3 Å². The molecule has 0 radical (unpaired) electrons. The highest BCUT2D eigenvalue weighted by Crippen LogP contribution is 2.49. The number of fused-ring (bicyclic) bond motifs is 1. The zero-order valence-electron chi connectivity index (χ0n) is 22.8. The Morgan fingerprint density at radius 3 is 2.62 bits per heavy atom. The van der Waals surface area contributed by atoms with Crippen LogP contribution in [-0.2, 0) is 34.8 Å². The molecule has 2 aliphatic rings. The van der Waals surface area contributed by atoms with Gasteiger partial charge in [0.25, 0.3) is 0 Å². The van der Waals surface area contributed by atoms with Crippen molar-refractivity contribution in [3.63, 3.8) is 0 Å². The maximum Gasteiger partial charge on any atom is 0.241 e. The van der Waals surface area contributed by atoms with E-state index in [-0.39, 0.29) is 34.2 Å². The second-order valence-corrected chi connectivity index (χ2v) is 13.5. The third-order valence-electron chi connectivity index (χ3n) is 8.15. The average molecular weight is 628 g/mol. The second kappa shape index (κ2) is 11.4. The largest absolute Gasteiger partial charge is 0.337 e. The monoisotopic (exact) mass is 626 g/mol. The van der Waals surface area contributed by atoms with Crippen LogP contribution >= 0.6 is 23.2 Å². The van der Waals surface area contributed by atoms with Crippen LogP contribution in [0, 0.1) is 11.7 Å². The Labute approximate surface area is 254 Å². The minimum Gasteiger partial charge on any atom is -0.337 e. The molecule has 1 fully saturated rings. The summed E-state index contributed by atoms with van der Waals surface area (Å²) in [7, 11) is -2.10. The van der Waals surface area contributed by atoms with Crippen molar-refractivity contribution in [2.45, 2.75) is 49.1 Å². The van der Waals surface area contributed by atoms with E-state index in [0.29, 0.717) is 17.1 Å². The molecule has 4 aromatic rings. The standard InChI is InChI=1S/C31H29Cl2FN4O3S/c1-37-14-13-35-30(37)18-38(31(39)26-17-24(26)20-5-8-21(32)9-6-20)22-10-7-19-3-2-4-29(25(19)15-22)36-42(40,41)23-11-12-28(34)27(33)16-23/h5-16,24,26,29,36H,2-4,17-18H2,1H3/t24-,26-,29-/m0/s1. The van der Waals surface area contributed by atoms with Gasteiger partial charge in [0, 0.05) is 42.1 Å². The molecule has 7 nitrogen and oxygen atoms in total. The molecule has 1 amide bonds. The quantitative estimate of drug-likeness (QED) is 0.240. The molecule has 0 bridgehead atoms. The van der Waals surface area contributed by atoms with Crippen LogP contribution in [0.3, 0.4) is 0 Å². The van der Waals surface area contributed by atoms with Gasteiger partial charge in [-0.05, 0) is 90.8 Å². The van der Waals surface area contributed by atoms with Gasteiger partial charge in [-0.25, -0.2) is 22.5 Å². The number of anilines is 1. The van der Waals surface area contributed by atoms with Crippen LogP contribution in [-0.4, -0.2) is 23.9 Å². The lowest BCUT2D eigenvalue weighted by Crippen LogP contribution is -2.34. The van der Waals surface area contributed by atoms with Crippen molar-refractivity contribution in [3.05, 3.63) is 111 Å². The SMILES string of the molecule is Cn1ccnc1CN(C(=O)[C@H]1C[C@H]1c1ccc(Cl)cc1)c1ccc2c(c1)[C@@H](NS(=O)(=O)c1ccc(F)c(Cl)c1)CCC2. The number of rotatable bonds is 8. The summed E-state index contributed by atoms with van der Waals surface area (Å²) < 4.78 is 44.9. The van der Waals surface area contributed by atoms with Crippen LogP contribution < -0.4 is 9.62 Å². The highest BCUT2D eigenvalue weighted by atomic mass is 35.5. The van der Waals surface area contributed by atoms with Crippen molar-refractivity contribution in [1.29, 1.82) is 0 Å². The Kier molecular flexibility index (Phi) is 7.87. The molecular formula is C31H29Cl2FN4O3S. The van der Waals surface area contributed by atoms with E-state index < -0.39 is 21.9 Å². The number of hydrogen-bond donors (Lipinski definition) is 1. The van der Waals surface area contributed by atoms with E-state index in [1.165, 1.54) is 6.07 Å². The summed E-state index contributed by atoms with van der Waals surface area (Å²) in [4.78, 5) is 20.1. The van der Waals surface area contributed by atoms with E-state index in [4.69, 9.17) is 23.2 Å². The van der Waals surface area contributed by atoms with Crippen LogP contribution in [0.5, 0.6) is 0 Å².